The van der Waals surface area contributed by atoms with Gasteiger partial charge >= 0.3 is 0 Å². The summed E-state index contributed by atoms with van der Waals surface area (Å²) in [7, 11) is 0. The maximum Gasteiger partial charge on any atom is 0.257 e. The Hall–Kier alpha value is -3.35. The number of hydrogen-bond donors (Lipinski definition) is 1. The van der Waals surface area contributed by atoms with Crippen molar-refractivity contribution in [3.05, 3.63) is 76.9 Å². The number of hydrogen-bond acceptors (Lipinski definition) is 3. The summed E-state index contributed by atoms with van der Waals surface area (Å²) in [5.41, 5.74) is 1.43. The minimum atomic E-state index is -0.716. The summed E-state index contributed by atoms with van der Waals surface area (Å²) < 4.78 is 27.2. The summed E-state index contributed by atoms with van der Waals surface area (Å²) in [6.45, 7) is 4.60. The molecule has 1 amide bonds. The van der Waals surface area contributed by atoms with Gasteiger partial charge in [0.15, 0.2) is 0 Å². The molecule has 142 valence electrons. The van der Waals surface area contributed by atoms with Crippen LogP contribution in [0.15, 0.2) is 54.0 Å². The Bertz CT molecular complexity index is 1160. The number of pyridine rings is 2. The first-order valence-electron chi connectivity index (χ1n) is 8.86. The van der Waals surface area contributed by atoms with Crippen LogP contribution in [0, 0.1) is 11.6 Å². The van der Waals surface area contributed by atoms with Gasteiger partial charge in [-0.25, -0.2) is 8.78 Å². The van der Waals surface area contributed by atoms with Crippen molar-refractivity contribution < 1.29 is 13.6 Å². The van der Waals surface area contributed by atoms with E-state index in [-0.39, 0.29) is 22.9 Å². The summed E-state index contributed by atoms with van der Waals surface area (Å²) in [5.74, 6) is -1.50. The predicted molar refractivity (Wildman–Crippen MR) is 102 cm³/mol. The second-order valence-corrected chi connectivity index (χ2v) is 6.81. The Morgan fingerprint density at radius 2 is 2.11 bits per heavy atom. The smallest absolute Gasteiger partial charge is 0.257 e. The lowest BCUT2D eigenvalue weighted by molar-refractivity contribution is -0.125. The van der Waals surface area contributed by atoms with E-state index in [4.69, 9.17) is 0 Å². The molecule has 1 aromatic carbocycles. The van der Waals surface area contributed by atoms with Crippen LogP contribution in [0.3, 0.4) is 0 Å². The van der Waals surface area contributed by atoms with Crippen LogP contribution in [-0.2, 0) is 4.79 Å². The van der Waals surface area contributed by atoms with Crippen molar-refractivity contribution in [3.8, 4) is 11.1 Å². The first-order valence-corrected chi connectivity index (χ1v) is 8.86. The number of carbonyl (C=O) groups is 1. The molecule has 1 saturated heterocycles. The Morgan fingerprint density at radius 1 is 1.29 bits per heavy atom. The van der Waals surface area contributed by atoms with Crippen LogP contribution in [0.4, 0.5) is 8.78 Å². The van der Waals surface area contributed by atoms with E-state index in [1.807, 2.05) is 0 Å². The van der Waals surface area contributed by atoms with Gasteiger partial charge in [-0.05, 0) is 36.8 Å². The van der Waals surface area contributed by atoms with Gasteiger partial charge in [0.1, 0.15) is 11.6 Å². The summed E-state index contributed by atoms with van der Waals surface area (Å²) in [4.78, 5) is 33.2. The Morgan fingerprint density at radius 3 is 2.86 bits per heavy atom. The zero-order valence-corrected chi connectivity index (χ0v) is 14.9. The number of aromatic amines is 1. The maximum atomic E-state index is 14.0. The van der Waals surface area contributed by atoms with E-state index in [9.17, 15) is 18.4 Å². The van der Waals surface area contributed by atoms with Gasteiger partial charge in [0.25, 0.3) is 5.56 Å². The molecule has 7 heteroatoms. The van der Waals surface area contributed by atoms with Gasteiger partial charge in [0, 0.05) is 48.1 Å². The maximum absolute atomic E-state index is 14.0. The number of likely N-dealkylation sites (tertiary alicyclic amines) is 1. The number of carbonyl (C=O) groups excluding carboxylic acids is 1. The van der Waals surface area contributed by atoms with E-state index in [2.05, 4.69) is 16.5 Å². The molecule has 3 heterocycles. The number of H-pyrrole nitrogens is 1. The minimum Gasteiger partial charge on any atom is -0.338 e. The zero-order valence-electron chi connectivity index (χ0n) is 14.9. The molecule has 1 unspecified atom stereocenters. The molecule has 1 N–H and O–H groups in total. The van der Waals surface area contributed by atoms with E-state index in [0.29, 0.717) is 35.2 Å². The Labute approximate surface area is 159 Å². The molecule has 1 aliphatic heterocycles. The van der Waals surface area contributed by atoms with Crippen molar-refractivity contribution in [2.45, 2.75) is 12.3 Å². The fourth-order valence-corrected chi connectivity index (χ4v) is 3.59. The molecule has 1 aliphatic rings. The molecule has 1 atom stereocenters. The number of aromatic nitrogens is 2. The van der Waals surface area contributed by atoms with Crippen LogP contribution in [0.5, 0.6) is 0 Å². The molecule has 5 nitrogen and oxygen atoms in total. The molecule has 2 aromatic heterocycles. The van der Waals surface area contributed by atoms with E-state index in [1.54, 1.807) is 17.0 Å². The second kappa shape index (κ2) is 6.99. The number of fused-ring (bicyclic) bond motifs is 1. The number of halogens is 2. The van der Waals surface area contributed by atoms with Gasteiger partial charge < -0.3 is 9.88 Å². The van der Waals surface area contributed by atoms with E-state index >= 15 is 0 Å². The summed E-state index contributed by atoms with van der Waals surface area (Å²) in [5, 5.41) is 0.321. The topological polar surface area (TPSA) is 66.1 Å². The average molecular weight is 381 g/mol. The molecule has 0 spiro atoms. The third kappa shape index (κ3) is 3.19. The highest BCUT2D eigenvalue weighted by Gasteiger charge is 2.27. The summed E-state index contributed by atoms with van der Waals surface area (Å²) in [6, 6.07) is 6.60. The summed E-state index contributed by atoms with van der Waals surface area (Å²) >= 11 is 0. The quantitative estimate of drug-likeness (QED) is 0.708. The SMILES string of the molecule is C=CC(=O)N1CCC(c2cc3ncc(-c4ccc(F)cc4F)cc3c(=O)[nH]2)C1. The van der Waals surface area contributed by atoms with Gasteiger partial charge in [0.05, 0.1) is 10.9 Å². The molecular weight excluding hydrogens is 364 g/mol. The number of rotatable bonds is 3. The van der Waals surface area contributed by atoms with Crippen molar-refractivity contribution in [2.24, 2.45) is 0 Å². The molecule has 0 saturated carbocycles. The summed E-state index contributed by atoms with van der Waals surface area (Å²) in [6.07, 6.45) is 3.48. The lowest BCUT2D eigenvalue weighted by atomic mass is 10.0. The first kappa shape index (κ1) is 18.0. The fraction of sp³-hybridized carbons (Fsp3) is 0.190. The molecule has 4 rings (SSSR count). The van der Waals surface area contributed by atoms with Crippen LogP contribution in [0.1, 0.15) is 18.0 Å². The highest BCUT2D eigenvalue weighted by molar-refractivity contribution is 5.87. The van der Waals surface area contributed by atoms with E-state index in [1.165, 1.54) is 18.3 Å². The van der Waals surface area contributed by atoms with Crippen LogP contribution in [0.2, 0.25) is 0 Å². The second-order valence-electron chi connectivity index (χ2n) is 6.81. The first-order chi connectivity index (χ1) is 13.5. The Balaban J connectivity index is 1.70. The lowest BCUT2D eigenvalue weighted by Crippen LogP contribution is -2.26. The largest absolute Gasteiger partial charge is 0.338 e. The molecule has 28 heavy (non-hydrogen) atoms. The molecule has 0 aliphatic carbocycles. The molecule has 0 radical (unpaired) electrons. The van der Waals surface area contributed by atoms with Gasteiger partial charge in [-0.2, -0.15) is 0 Å². The van der Waals surface area contributed by atoms with E-state index in [0.717, 1.165) is 18.6 Å². The van der Waals surface area contributed by atoms with E-state index < -0.39 is 11.6 Å². The minimum absolute atomic E-state index is 0.0111. The molecule has 0 bridgehead atoms. The van der Waals surface area contributed by atoms with Crippen molar-refractivity contribution in [2.75, 3.05) is 13.1 Å². The average Bonchev–Trinajstić information content (AvgIpc) is 3.17. The lowest BCUT2D eigenvalue weighted by Gasteiger charge is -2.14. The normalized spacial score (nSPS) is 16.5. The molecular formula is C21H17F2N3O2. The fourth-order valence-electron chi connectivity index (χ4n) is 3.59. The monoisotopic (exact) mass is 381 g/mol. The van der Waals surface area contributed by atoms with Crippen molar-refractivity contribution in [3.63, 3.8) is 0 Å². The number of benzene rings is 1. The third-order valence-corrected chi connectivity index (χ3v) is 5.07. The van der Waals surface area contributed by atoms with Crippen LogP contribution < -0.4 is 5.56 Å². The number of amides is 1. The van der Waals surface area contributed by atoms with Crippen molar-refractivity contribution >= 4 is 16.8 Å². The zero-order chi connectivity index (χ0) is 19.8. The standard InChI is InChI=1S/C21H17F2N3O2/c1-2-20(27)26-6-5-12(11-26)18-9-19-16(21(28)25-18)7-13(10-24-19)15-4-3-14(22)8-17(15)23/h2-4,7-10,12H,1,5-6,11H2,(H,25,28). The Kier molecular flexibility index (Phi) is 4.50. The highest BCUT2D eigenvalue weighted by Crippen LogP contribution is 2.28. The molecule has 1 fully saturated rings. The van der Waals surface area contributed by atoms with Gasteiger partial charge in [-0.3, -0.25) is 14.6 Å². The third-order valence-electron chi connectivity index (χ3n) is 5.07. The van der Waals surface area contributed by atoms with Crippen molar-refractivity contribution in [1.29, 1.82) is 0 Å². The predicted octanol–water partition coefficient (Wildman–Crippen LogP) is 3.37. The van der Waals surface area contributed by atoms with Crippen LogP contribution >= 0.6 is 0 Å². The van der Waals surface area contributed by atoms with Gasteiger partial charge in [0.2, 0.25) is 5.91 Å². The van der Waals surface area contributed by atoms with Gasteiger partial charge in [-0.1, -0.05) is 6.58 Å². The van der Waals surface area contributed by atoms with Crippen molar-refractivity contribution in [1.82, 2.24) is 14.9 Å². The van der Waals surface area contributed by atoms with Gasteiger partial charge in [-0.15, -0.1) is 0 Å². The highest BCUT2D eigenvalue weighted by atomic mass is 19.1. The number of nitrogens with one attached hydrogen (secondary N) is 1. The van der Waals surface area contributed by atoms with Crippen LogP contribution in [0.25, 0.3) is 22.0 Å². The number of nitrogens with zero attached hydrogens (tertiary/aromatic N) is 2. The van der Waals surface area contributed by atoms with Crippen LogP contribution in [-0.4, -0.2) is 33.9 Å². The molecule has 3 aromatic rings.